The van der Waals surface area contributed by atoms with Crippen molar-refractivity contribution in [1.29, 1.82) is 0 Å². The van der Waals surface area contributed by atoms with Crippen LogP contribution in [0, 0.1) is 23.7 Å². The summed E-state index contributed by atoms with van der Waals surface area (Å²) >= 11 is 0. The maximum Gasteiger partial charge on any atom is -0.0219 e. The second-order valence-corrected chi connectivity index (χ2v) is 8.01. The minimum atomic E-state index is 0.639. The molecule has 0 spiro atoms. The predicted octanol–water partition coefficient (Wildman–Crippen LogP) is 6.45. The van der Waals surface area contributed by atoms with Gasteiger partial charge in [0.25, 0.3) is 0 Å². The van der Waals surface area contributed by atoms with Crippen LogP contribution >= 0.6 is 0 Å². The van der Waals surface area contributed by atoms with Crippen molar-refractivity contribution >= 4 is 0 Å². The lowest BCUT2D eigenvalue weighted by molar-refractivity contribution is 0.170. The fraction of sp³-hybridized carbons (Fsp3) is 0.714. The number of rotatable bonds is 5. The lowest BCUT2D eigenvalue weighted by Gasteiger charge is -2.35. The maximum atomic E-state index is 2.48. The predicted molar refractivity (Wildman–Crippen MR) is 93.7 cm³/mol. The van der Waals surface area contributed by atoms with E-state index >= 15 is 0 Å². The smallest absolute Gasteiger partial charge is 0.0219 e. The Balaban J connectivity index is 1.97. The van der Waals surface area contributed by atoms with E-state index in [1.165, 1.54) is 37.7 Å². The van der Waals surface area contributed by atoms with Gasteiger partial charge in [0.2, 0.25) is 0 Å². The van der Waals surface area contributed by atoms with Crippen molar-refractivity contribution in [3.63, 3.8) is 0 Å². The third kappa shape index (κ3) is 4.59. The van der Waals surface area contributed by atoms with Crippen molar-refractivity contribution < 1.29 is 0 Å². The first-order valence-electron chi connectivity index (χ1n) is 9.06. The molecule has 1 aromatic carbocycles. The van der Waals surface area contributed by atoms with Crippen LogP contribution < -0.4 is 0 Å². The van der Waals surface area contributed by atoms with E-state index < -0.39 is 0 Å². The standard InChI is InChI=1S/C21H34/c1-15(2)19-9-6-8-18(13-19)12-17(5)21-11-7-10-20(14-21)16(3)4/h6,8-9,13,15-17,20-21H,7,10-12,14H2,1-5H3. The molecule has 0 heterocycles. The summed E-state index contributed by atoms with van der Waals surface area (Å²) in [6, 6.07) is 9.28. The van der Waals surface area contributed by atoms with Crippen LogP contribution in [0.15, 0.2) is 24.3 Å². The largest absolute Gasteiger partial charge is 0.0625 e. The lowest BCUT2D eigenvalue weighted by atomic mass is 9.71. The van der Waals surface area contributed by atoms with Gasteiger partial charge >= 0.3 is 0 Å². The van der Waals surface area contributed by atoms with Gasteiger partial charge in [-0.25, -0.2) is 0 Å². The van der Waals surface area contributed by atoms with Crippen LogP contribution in [0.4, 0.5) is 0 Å². The highest BCUT2D eigenvalue weighted by molar-refractivity contribution is 5.26. The first-order chi connectivity index (χ1) is 9.97. The van der Waals surface area contributed by atoms with Gasteiger partial charge in [-0.05, 0) is 53.6 Å². The van der Waals surface area contributed by atoms with Crippen LogP contribution in [0.1, 0.15) is 77.3 Å². The van der Waals surface area contributed by atoms with Gasteiger partial charge in [-0.15, -0.1) is 0 Å². The van der Waals surface area contributed by atoms with Crippen LogP contribution in [0.5, 0.6) is 0 Å². The number of hydrogen-bond donors (Lipinski definition) is 0. The van der Waals surface area contributed by atoms with E-state index in [1.807, 2.05) is 0 Å². The summed E-state index contributed by atoms with van der Waals surface area (Å²) < 4.78 is 0. The summed E-state index contributed by atoms with van der Waals surface area (Å²) in [6.07, 6.45) is 7.08. The molecule has 1 aromatic rings. The Morgan fingerprint density at radius 2 is 1.71 bits per heavy atom. The molecule has 118 valence electrons. The average Bonchev–Trinajstić information content (AvgIpc) is 2.47. The summed E-state index contributed by atoms with van der Waals surface area (Å²) in [5.74, 6) is 4.24. The van der Waals surface area contributed by atoms with Gasteiger partial charge in [-0.1, -0.05) is 78.1 Å². The van der Waals surface area contributed by atoms with Crippen molar-refractivity contribution in [2.24, 2.45) is 23.7 Å². The van der Waals surface area contributed by atoms with Crippen molar-refractivity contribution in [1.82, 2.24) is 0 Å². The maximum absolute atomic E-state index is 2.48. The van der Waals surface area contributed by atoms with Gasteiger partial charge < -0.3 is 0 Å². The van der Waals surface area contributed by atoms with E-state index in [-0.39, 0.29) is 0 Å². The Labute approximate surface area is 132 Å². The molecular weight excluding hydrogens is 252 g/mol. The Hall–Kier alpha value is -0.780. The highest BCUT2D eigenvalue weighted by Crippen LogP contribution is 2.38. The SMILES string of the molecule is CC(C)c1cccc(CC(C)C2CCCC(C(C)C)C2)c1. The Morgan fingerprint density at radius 1 is 1.00 bits per heavy atom. The quantitative estimate of drug-likeness (QED) is 0.583. The molecule has 2 rings (SSSR count). The molecule has 1 saturated carbocycles. The molecule has 3 atom stereocenters. The van der Waals surface area contributed by atoms with Crippen molar-refractivity contribution in [2.75, 3.05) is 0 Å². The van der Waals surface area contributed by atoms with E-state index in [9.17, 15) is 0 Å². The van der Waals surface area contributed by atoms with E-state index in [0.29, 0.717) is 5.92 Å². The zero-order valence-electron chi connectivity index (χ0n) is 14.7. The highest BCUT2D eigenvalue weighted by Gasteiger charge is 2.27. The fourth-order valence-corrected chi connectivity index (χ4v) is 4.01. The third-order valence-electron chi connectivity index (χ3n) is 5.68. The minimum Gasteiger partial charge on any atom is -0.0625 e. The molecule has 0 heteroatoms. The van der Waals surface area contributed by atoms with Crippen LogP contribution in [-0.4, -0.2) is 0 Å². The summed E-state index contributed by atoms with van der Waals surface area (Å²) in [6.45, 7) is 11.9. The summed E-state index contributed by atoms with van der Waals surface area (Å²) in [7, 11) is 0. The molecule has 0 radical (unpaired) electrons. The van der Waals surface area contributed by atoms with Crippen LogP contribution in [0.2, 0.25) is 0 Å². The average molecular weight is 287 g/mol. The molecule has 1 aliphatic carbocycles. The Morgan fingerprint density at radius 3 is 2.38 bits per heavy atom. The lowest BCUT2D eigenvalue weighted by Crippen LogP contribution is -2.25. The van der Waals surface area contributed by atoms with Crippen LogP contribution in [-0.2, 0) is 6.42 Å². The molecule has 0 aromatic heterocycles. The molecule has 0 bridgehead atoms. The summed E-state index contributed by atoms with van der Waals surface area (Å²) in [5, 5.41) is 0. The van der Waals surface area contributed by atoms with Gasteiger partial charge in [0.1, 0.15) is 0 Å². The van der Waals surface area contributed by atoms with Crippen molar-refractivity contribution in [3.05, 3.63) is 35.4 Å². The third-order valence-corrected chi connectivity index (χ3v) is 5.68. The Kier molecular flexibility index (Phi) is 5.90. The summed E-state index contributed by atoms with van der Waals surface area (Å²) in [4.78, 5) is 0. The molecule has 0 N–H and O–H groups in total. The molecule has 0 nitrogen and oxygen atoms in total. The van der Waals surface area contributed by atoms with E-state index in [4.69, 9.17) is 0 Å². The first-order valence-corrected chi connectivity index (χ1v) is 9.06. The van der Waals surface area contributed by atoms with Crippen LogP contribution in [0.25, 0.3) is 0 Å². The number of benzene rings is 1. The molecule has 0 amide bonds. The van der Waals surface area contributed by atoms with Gasteiger partial charge in [-0.2, -0.15) is 0 Å². The second kappa shape index (κ2) is 7.47. The zero-order valence-corrected chi connectivity index (χ0v) is 14.7. The molecule has 0 aliphatic heterocycles. The van der Waals surface area contributed by atoms with Gasteiger partial charge in [0, 0.05) is 0 Å². The van der Waals surface area contributed by atoms with E-state index in [1.54, 1.807) is 5.56 Å². The molecular formula is C21H34. The fourth-order valence-electron chi connectivity index (χ4n) is 4.01. The minimum absolute atomic E-state index is 0.639. The van der Waals surface area contributed by atoms with E-state index in [0.717, 1.165) is 23.7 Å². The topological polar surface area (TPSA) is 0 Å². The van der Waals surface area contributed by atoms with Gasteiger partial charge in [0.05, 0.1) is 0 Å². The van der Waals surface area contributed by atoms with Gasteiger partial charge in [0.15, 0.2) is 0 Å². The normalized spacial score (nSPS) is 24.5. The molecule has 3 unspecified atom stereocenters. The van der Waals surface area contributed by atoms with Crippen molar-refractivity contribution in [3.8, 4) is 0 Å². The molecule has 0 saturated heterocycles. The molecule has 21 heavy (non-hydrogen) atoms. The van der Waals surface area contributed by atoms with Crippen LogP contribution in [0.3, 0.4) is 0 Å². The van der Waals surface area contributed by atoms with Crippen molar-refractivity contribution in [2.45, 2.75) is 72.6 Å². The monoisotopic (exact) mass is 286 g/mol. The Bertz CT molecular complexity index is 429. The second-order valence-electron chi connectivity index (χ2n) is 8.01. The number of hydrogen-bond acceptors (Lipinski definition) is 0. The summed E-state index contributed by atoms with van der Waals surface area (Å²) in [5.41, 5.74) is 3.03. The molecule has 1 aliphatic rings. The molecule has 1 fully saturated rings. The first kappa shape index (κ1) is 16.6. The van der Waals surface area contributed by atoms with Gasteiger partial charge in [-0.3, -0.25) is 0 Å². The zero-order chi connectivity index (χ0) is 15.4. The van der Waals surface area contributed by atoms with E-state index in [2.05, 4.69) is 58.9 Å². The highest BCUT2D eigenvalue weighted by atomic mass is 14.3.